The van der Waals surface area contributed by atoms with E-state index in [1.165, 1.54) is 16.8 Å². The molecule has 2 aromatic rings. The van der Waals surface area contributed by atoms with E-state index in [-0.39, 0.29) is 18.5 Å². The SMILES string of the molecule is CC(C)CC(NC(=O)Cn1ccc(=O)[nH]c1=O)c1ccccc1. The summed E-state index contributed by atoms with van der Waals surface area (Å²) in [5, 5.41) is 2.96. The molecule has 0 bridgehead atoms. The normalized spacial score (nSPS) is 12.1. The van der Waals surface area contributed by atoms with E-state index in [1.54, 1.807) is 0 Å². The van der Waals surface area contributed by atoms with Crippen molar-refractivity contribution in [3.8, 4) is 0 Å². The Morgan fingerprint density at radius 2 is 1.87 bits per heavy atom. The van der Waals surface area contributed by atoms with Crippen molar-refractivity contribution in [2.45, 2.75) is 32.9 Å². The van der Waals surface area contributed by atoms with Crippen molar-refractivity contribution in [2.24, 2.45) is 5.92 Å². The molecule has 0 radical (unpaired) electrons. The molecule has 1 heterocycles. The van der Waals surface area contributed by atoms with Gasteiger partial charge < -0.3 is 5.32 Å². The molecule has 2 N–H and O–H groups in total. The van der Waals surface area contributed by atoms with Gasteiger partial charge in [0.25, 0.3) is 5.56 Å². The maximum atomic E-state index is 12.3. The van der Waals surface area contributed by atoms with Crippen molar-refractivity contribution >= 4 is 5.91 Å². The van der Waals surface area contributed by atoms with Crippen LogP contribution in [0.25, 0.3) is 0 Å². The maximum absolute atomic E-state index is 12.3. The summed E-state index contributed by atoms with van der Waals surface area (Å²) in [6.07, 6.45) is 2.12. The van der Waals surface area contributed by atoms with Crippen LogP contribution in [0.2, 0.25) is 0 Å². The molecule has 0 saturated carbocycles. The average molecular weight is 315 g/mol. The Kier molecular flexibility index (Phi) is 5.51. The molecular formula is C17H21N3O3. The molecule has 0 aliphatic heterocycles. The highest BCUT2D eigenvalue weighted by Gasteiger charge is 2.16. The number of benzene rings is 1. The molecule has 0 saturated heterocycles. The summed E-state index contributed by atoms with van der Waals surface area (Å²) in [5.74, 6) is 0.143. The van der Waals surface area contributed by atoms with Crippen molar-refractivity contribution in [1.82, 2.24) is 14.9 Å². The lowest BCUT2D eigenvalue weighted by Crippen LogP contribution is -2.37. The monoisotopic (exact) mass is 315 g/mol. The number of carbonyl (C=O) groups excluding carboxylic acids is 1. The van der Waals surface area contributed by atoms with Crippen LogP contribution in [-0.2, 0) is 11.3 Å². The first-order chi connectivity index (χ1) is 11.0. The van der Waals surface area contributed by atoms with Crippen LogP contribution in [0.5, 0.6) is 0 Å². The predicted octanol–water partition coefficient (Wildman–Crippen LogP) is 1.44. The summed E-state index contributed by atoms with van der Waals surface area (Å²) in [5.41, 5.74) is -0.0373. The van der Waals surface area contributed by atoms with Gasteiger partial charge in [0.05, 0.1) is 6.04 Å². The number of nitrogens with one attached hydrogen (secondary N) is 2. The number of carbonyl (C=O) groups is 1. The Hall–Kier alpha value is -2.63. The highest BCUT2D eigenvalue weighted by Crippen LogP contribution is 2.20. The molecule has 2 rings (SSSR count). The van der Waals surface area contributed by atoms with Crippen LogP contribution in [0.15, 0.2) is 52.2 Å². The van der Waals surface area contributed by atoms with Crippen LogP contribution in [0.3, 0.4) is 0 Å². The third-order valence-corrected chi connectivity index (χ3v) is 3.46. The number of hydrogen-bond acceptors (Lipinski definition) is 3. The molecule has 1 amide bonds. The number of H-pyrrole nitrogens is 1. The van der Waals surface area contributed by atoms with Crippen LogP contribution < -0.4 is 16.6 Å². The minimum absolute atomic E-state index is 0.109. The second kappa shape index (κ2) is 7.58. The van der Waals surface area contributed by atoms with Gasteiger partial charge in [0.1, 0.15) is 6.54 Å². The fraction of sp³-hybridized carbons (Fsp3) is 0.353. The van der Waals surface area contributed by atoms with Crippen LogP contribution in [-0.4, -0.2) is 15.5 Å². The summed E-state index contributed by atoms with van der Waals surface area (Å²) in [6.45, 7) is 4.06. The average Bonchev–Trinajstić information content (AvgIpc) is 2.50. The molecule has 23 heavy (non-hydrogen) atoms. The molecule has 1 aromatic carbocycles. The molecule has 6 nitrogen and oxygen atoms in total. The van der Waals surface area contributed by atoms with E-state index in [0.717, 1.165) is 12.0 Å². The van der Waals surface area contributed by atoms with Crippen molar-refractivity contribution < 1.29 is 4.79 Å². The zero-order chi connectivity index (χ0) is 16.8. The minimum atomic E-state index is -0.590. The molecule has 1 atom stereocenters. The summed E-state index contributed by atoms with van der Waals surface area (Å²) in [6, 6.07) is 10.8. The molecule has 0 spiro atoms. The van der Waals surface area contributed by atoms with E-state index >= 15 is 0 Å². The zero-order valence-corrected chi connectivity index (χ0v) is 13.3. The van der Waals surface area contributed by atoms with Crippen molar-refractivity contribution in [3.63, 3.8) is 0 Å². The number of nitrogens with zero attached hydrogens (tertiary/aromatic N) is 1. The van der Waals surface area contributed by atoms with Gasteiger partial charge in [-0.3, -0.25) is 19.1 Å². The number of rotatable bonds is 6. The Morgan fingerprint density at radius 1 is 1.17 bits per heavy atom. The lowest BCUT2D eigenvalue weighted by Gasteiger charge is -2.21. The lowest BCUT2D eigenvalue weighted by molar-refractivity contribution is -0.122. The summed E-state index contributed by atoms with van der Waals surface area (Å²) in [4.78, 5) is 37.1. The quantitative estimate of drug-likeness (QED) is 0.846. The van der Waals surface area contributed by atoms with Crippen LogP contribution >= 0.6 is 0 Å². The third-order valence-electron chi connectivity index (χ3n) is 3.46. The van der Waals surface area contributed by atoms with Gasteiger partial charge >= 0.3 is 5.69 Å². The van der Waals surface area contributed by atoms with Crippen molar-refractivity contribution in [1.29, 1.82) is 0 Å². The van der Waals surface area contributed by atoms with E-state index in [4.69, 9.17) is 0 Å². The smallest absolute Gasteiger partial charge is 0.328 e. The molecule has 122 valence electrons. The van der Waals surface area contributed by atoms with Crippen LogP contribution in [0.4, 0.5) is 0 Å². The van der Waals surface area contributed by atoms with Gasteiger partial charge in [0.2, 0.25) is 5.91 Å². The number of aromatic nitrogens is 2. The van der Waals surface area contributed by atoms with Crippen molar-refractivity contribution in [3.05, 3.63) is 69.0 Å². The summed E-state index contributed by atoms with van der Waals surface area (Å²) in [7, 11) is 0. The first-order valence-corrected chi connectivity index (χ1v) is 7.60. The largest absolute Gasteiger partial charge is 0.348 e. The highest BCUT2D eigenvalue weighted by atomic mass is 16.2. The Morgan fingerprint density at radius 3 is 2.48 bits per heavy atom. The van der Waals surface area contributed by atoms with Gasteiger partial charge in [0.15, 0.2) is 0 Å². The first kappa shape index (κ1) is 16.7. The highest BCUT2D eigenvalue weighted by molar-refractivity contribution is 5.76. The van der Waals surface area contributed by atoms with Gasteiger partial charge in [-0.05, 0) is 17.9 Å². The van der Waals surface area contributed by atoms with E-state index < -0.39 is 11.2 Å². The van der Waals surface area contributed by atoms with E-state index in [0.29, 0.717) is 5.92 Å². The van der Waals surface area contributed by atoms with Gasteiger partial charge in [-0.15, -0.1) is 0 Å². The standard InChI is InChI=1S/C17H21N3O3/c1-12(2)10-14(13-6-4-3-5-7-13)18-16(22)11-20-9-8-15(21)19-17(20)23/h3-9,12,14H,10-11H2,1-2H3,(H,18,22)(H,19,21,23). The number of hydrogen-bond donors (Lipinski definition) is 2. The van der Waals surface area contributed by atoms with E-state index in [2.05, 4.69) is 24.1 Å². The lowest BCUT2D eigenvalue weighted by atomic mass is 9.97. The van der Waals surface area contributed by atoms with Gasteiger partial charge in [-0.25, -0.2) is 4.79 Å². The number of aromatic amines is 1. The summed E-state index contributed by atoms with van der Waals surface area (Å²) < 4.78 is 1.17. The minimum Gasteiger partial charge on any atom is -0.348 e. The predicted molar refractivity (Wildman–Crippen MR) is 88.1 cm³/mol. The van der Waals surface area contributed by atoms with Crippen LogP contribution in [0.1, 0.15) is 31.9 Å². The Labute approximate surface area is 134 Å². The fourth-order valence-electron chi connectivity index (χ4n) is 2.40. The summed E-state index contributed by atoms with van der Waals surface area (Å²) >= 11 is 0. The maximum Gasteiger partial charge on any atom is 0.328 e. The van der Waals surface area contributed by atoms with Gasteiger partial charge in [0, 0.05) is 12.3 Å². The molecule has 1 aromatic heterocycles. The molecule has 1 unspecified atom stereocenters. The fourth-order valence-corrected chi connectivity index (χ4v) is 2.40. The molecule has 0 aliphatic carbocycles. The van der Waals surface area contributed by atoms with Gasteiger partial charge in [-0.1, -0.05) is 44.2 Å². The Balaban J connectivity index is 2.11. The van der Waals surface area contributed by atoms with Crippen LogP contribution in [0, 0.1) is 5.92 Å². The van der Waals surface area contributed by atoms with E-state index in [9.17, 15) is 14.4 Å². The van der Waals surface area contributed by atoms with Crippen molar-refractivity contribution in [2.75, 3.05) is 0 Å². The third kappa shape index (κ3) is 4.95. The molecule has 0 aliphatic rings. The Bertz CT molecular complexity index is 762. The van der Waals surface area contributed by atoms with E-state index in [1.807, 2.05) is 30.3 Å². The molecular weight excluding hydrogens is 294 g/mol. The topological polar surface area (TPSA) is 84.0 Å². The number of amides is 1. The second-order valence-electron chi connectivity index (χ2n) is 5.90. The molecule has 0 fully saturated rings. The molecule has 6 heteroatoms. The van der Waals surface area contributed by atoms with Gasteiger partial charge in [-0.2, -0.15) is 0 Å². The first-order valence-electron chi connectivity index (χ1n) is 7.60. The zero-order valence-electron chi connectivity index (χ0n) is 13.3. The second-order valence-corrected chi connectivity index (χ2v) is 5.90.